The van der Waals surface area contributed by atoms with Gasteiger partial charge in [-0.15, -0.1) is 0 Å². The van der Waals surface area contributed by atoms with Gasteiger partial charge in [0.1, 0.15) is 11.9 Å². The first kappa shape index (κ1) is 16.2. The van der Waals surface area contributed by atoms with Crippen LogP contribution < -0.4 is 5.32 Å². The largest absolute Gasteiger partial charge is 0.467 e. The Morgan fingerprint density at radius 2 is 1.95 bits per heavy atom. The molecule has 0 aliphatic rings. The predicted molar refractivity (Wildman–Crippen MR) is 82.4 cm³/mol. The lowest BCUT2D eigenvalue weighted by Crippen LogP contribution is -2.30. The maximum absolute atomic E-state index is 10.6. The van der Waals surface area contributed by atoms with Gasteiger partial charge in [-0.1, -0.05) is 12.1 Å². The highest BCUT2D eigenvalue weighted by molar-refractivity contribution is 5.34. The minimum Gasteiger partial charge on any atom is -0.467 e. The second-order valence-corrected chi connectivity index (χ2v) is 5.40. The van der Waals surface area contributed by atoms with Crippen LogP contribution in [0.4, 0.5) is 5.69 Å². The summed E-state index contributed by atoms with van der Waals surface area (Å²) >= 11 is 0. The number of aliphatic hydroxyl groups is 1. The molecule has 0 saturated carbocycles. The van der Waals surface area contributed by atoms with Crippen molar-refractivity contribution in [2.24, 2.45) is 0 Å². The van der Waals surface area contributed by atoms with Gasteiger partial charge in [-0.3, -0.25) is 10.1 Å². The Morgan fingerprint density at radius 1 is 1.27 bits per heavy atom. The average Bonchev–Trinajstić information content (AvgIpc) is 3.01. The number of furan rings is 1. The van der Waals surface area contributed by atoms with Crippen LogP contribution in [0, 0.1) is 10.1 Å². The number of nitro groups is 1. The van der Waals surface area contributed by atoms with Gasteiger partial charge in [0.15, 0.2) is 0 Å². The quantitative estimate of drug-likeness (QED) is 0.605. The number of nitrogens with zero attached hydrogens (tertiary/aromatic N) is 1. The molecule has 118 valence electrons. The Morgan fingerprint density at radius 3 is 2.50 bits per heavy atom. The monoisotopic (exact) mass is 304 g/mol. The van der Waals surface area contributed by atoms with Gasteiger partial charge in [0, 0.05) is 24.2 Å². The Kier molecular flexibility index (Phi) is 5.30. The molecule has 0 bridgehead atoms. The van der Waals surface area contributed by atoms with Crippen LogP contribution in [0.1, 0.15) is 43.7 Å². The smallest absolute Gasteiger partial charge is 0.269 e. The van der Waals surface area contributed by atoms with Crippen LogP contribution >= 0.6 is 0 Å². The van der Waals surface area contributed by atoms with Crippen LogP contribution in [-0.2, 0) is 0 Å². The fourth-order valence-corrected chi connectivity index (χ4v) is 2.41. The third-order valence-corrected chi connectivity index (χ3v) is 3.59. The molecule has 6 heteroatoms. The van der Waals surface area contributed by atoms with Gasteiger partial charge < -0.3 is 14.8 Å². The van der Waals surface area contributed by atoms with Gasteiger partial charge in [-0.05, 0) is 38.0 Å². The van der Waals surface area contributed by atoms with Crippen LogP contribution in [-0.4, -0.2) is 16.1 Å². The molecule has 1 aromatic carbocycles. The summed E-state index contributed by atoms with van der Waals surface area (Å²) in [4.78, 5) is 10.2. The molecular weight excluding hydrogens is 284 g/mol. The summed E-state index contributed by atoms with van der Waals surface area (Å²) in [5.74, 6) is 0.552. The average molecular weight is 304 g/mol. The Hall–Kier alpha value is -2.18. The summed E-state index contributed by atoms with van der Waals surface area (Å²) < 4.78 is 5.18. The molecule has 6 nitrogen and oxygen atoms in total. The molecule has 1 aromatic heterocycles. The van der Waals surface area contributed by atoms with Gasteiger partial charge in [-0.2, -0.15) is 0 Å². The third kappa shape index (κ3) is 4.16. The van der Waals surface area contributed by atoms with E-state index in [1.807, 2.05) is 13.8 Å². The lowest BCUT2D eigenvalue weighted by molar-refractivity contribution is -0.384. The van der Waals surface area contributed by atoms with E-state index in [1.165, 1.54) is 18.4 Å². The number of nitro benzene ring substituents is 1. The topological polar surface area (TPSA) is 88.5 Å². The zero-order valence-corrected chi connectivity index (χ0v) is 12.6. The van der Waals surface area contributed by atoms with E-state index in [0.717, 1.165) is 5.56 Å². The number of non-ortho nitro benzene ring substituents is 1. The summed E-state index contributed by atoms with van der Waals surface area (Å²) in [5.41, 5.74) is 1.04. The summed E-state index contributed by atoms with van der Waals surface area (Å²) in [7, 11) is 0. The first-order valence-corrected chi connectivity index (χ1v) is 7.19. The van der Waals surface area contributed by atoms with Gasteiger partial charge in [0.2, 0.25) is 0 Å². The molecule has 0 aliphatic carbocycles. The highest BCUT2D eigenvalue weighted by atomic mass is 16.6. The molecule has 2 aromatic rings. The van der Waals surface area contributed by atoms with Crippen LogP contribution in [0.5, 0.6) is 0 Å². The number of hydrogen-bond acceptors (Lipinski definition) is 5. The number of aliphatic hydroxyl groups excluding tert-OH is 1. The van der Waals surface area contributed by atoms with E-state index < -0.39 is 11.0 Å². The number of rotatable bonds is 7. The molecule has 3 atom stereocenters. The molecule has 0 aliphatic heterocycles. The molecule has 2 N–H and O–H groups in total. The van der Waals surface area contributed by atoms with Gasteiger partial charge in [0.25, 0.3) is 5.69 Å². The second kappa shape index (κ2) is 7.20. The molecule has 0 radical (unpaired) electrons. The first-order valence-electron chi connectivity index (χ1n) is 7.19. The van der Waals surface area contributed by atoms with Crippen molar-refractivity contribution in [1.82, 2.24) is 5.32 Å². The zero-order chi connectivity index (χ0) is 16.1. The molecule has 0 amide bonds. The molecule has 22 heavy (non-hydrogen) atoms. The van der Waals surface area contributed by atoms with Gasteiger partial charge in [-0.25, -0.2) is 0 Å². The lowest BCUT2D eigenvalue weighted by atomic mass is 10.0. The van der Waals surface area contributed by atoms with E-state index in [1.54, 1.807) is 24.3 Å². The Labute approximate surface area is 128 Å². The van der Waals surface area contributed by atoms with Crippen molar-refractivity contribution in [2.75, 3.05) is 0 Å². The van der Waals surface area contributed by atoms with Crippen LogP contribution in [0.2, 0.25) is 0 Å². The van der Waals surface area contributed by atoms with Gasteiger partial charge >= 0.3 is 0 Å². The molecule has 3 unspecified atom stereocenters. The van der Waals surface area contributed by atoms with E-state index in [2.05, 4.69) is 5.32 Å². The van der Waals surface area contributed by atoms with E-state index in [4.69, 9.17) is 4.42 Å². The molecule has 0 fully saturated rings. The highest BCUT2D eigenvalue weighted by Crippen LogP contribution is 2.21. The molecule has 1 heterocycles. The normalized spacial score (nSPS) is 15.2. The van der Waals surface area contributed by atoms with Crippen molar-refractivity contribution in [1.29, 1.82) is 0 Å². The fourth-order valence-electron chi connectivity index (χ4n) is 2.41. The van der Waals surface area contributed by atoms with E-state index >= 15 is 0 Å². The minimum absolute atomic E-state index is 0.0274. The summed E-state index contributed by atoms with van der Waals surface area (Å²) in [6.07, 6.45) is 1.41. The van der Waals surface area contributed by atoms with Crippen molar-refractivity contribution >= 4 is 5.69 Å². The Bertz CT molecular complexity index is 595. The van der Waals surface area contributed by atoms with E-state index in [0.29, 0.717) is 12.2 Å². The molecule has 0 spiro atoms. The number of benzene rings is 1. The lowest BCUT2D eigenvalue weighted by Gasteiger charge is -2.22. The summed E-state index contributed by atoms with van der Waals surface area (Å²) in [6.45, 7) is 3.96. The number of nitrogens with one attached hydrogen (secondary N) is 1. The van der Waals surface area contributed by atoms with Crippen molar-refractivity contribution < 1.29 is 14.4 Å². The van der Waals surface area contributed by atoms with Gasteiger partial charge in [0.05, 0.1) is 11.2 Å². The van der Waals surface area contributed by atoms with Crippen molar-refractivity contribution in [2.45, 2.75) is 38.5 Å². The van der Waals surface area contributed by atoms with Crippen molar-refractivity contribution in [3.05, 3.63) is 64.1 Å². The third-order valence-electron chi connectivity index (χ3n) is 3.59. The molecule has 0 saturated heterocycles. The van der Waals surface area contributed by atoms with Crippen LogP contribution in [0.3, 0.4) is 0 Å². The van der Waals surface area contributed by atoms with E-state index in [-0.39, 0.29) is 17.8 Å². The SMILES string of the molecule is CC(CC(O)c1ccco1)NC(C)c1ccc([N+](=O)[O-])cc1. The van der Waals surface area contributed by atoms with Crippen LogP contribution in [0.25, 0.3) is 0 Å². The molecular formula is C16H20N2O4. The maximum atomic E-state index is 10.6. The van der Waals surface area contributed by atoms with Crippen molar-refractivity contribution in [3.8, 4) is 0 Å². The standard InChI is InChI=1S/C16H20N2O4/c1-11(10-15(19)16-4-3-9-22-16)17-12(2)13-5-7-14(8-6-13)18(20)21/h3-9,11-12,15,17,19H,10H2,1-2H3. The minimum atomic E-state index is -0.651. The summed E-state index contributed by atoms with van der Waals surface area (Å²) in [6, 6.07) is 10.1. The second-order valence-electron chi connectivity index (χ2n) is 5.40. The first-order chi connectivity index (χ1) is 10.5. The highest BCUT2D eigenvalue weighted by Gasteiger charge is 2.17. The fraction of sp³-hybridized carbons (Fsp3) is 0.375. The van der Waals surface area contributed by atoms with Crippen LogP contribution in [0.15, 0.2) is 47.1 Å². The predicted octanol–water partition coefficient (Wildman–Crippen LogP) is 3.35. The van der Waals surface area contributed by atoms with E-state index in [9.17, 15) is 15.2 Å². The zero-order valence-electron chi connectivity index (χ0n) is 12.6. The van der Waals surface area contributed by atoms with Crippen molar-refractivity contribution in [3.63, 3.8) is 0 Å². The maximum Gasteiger partial charge on any atom is 0.269 e. The summed E-state index contributed by atoms with van der Waals surface area (Å²) in [5, 5.41) is 24.1. The number of hydrogen-bond donors (Lipinski definition) is 2. The Balaban J connectivity index is 1.90. The molecule has 2 rings (SSSR count).